The minimum Gasteiger partial charge on any atom is -0.335 e. The molecule has 1 fully saturated rings. The average molecular weight is 677 g/mol. The third-order valence-corrected chi connectivity index (χ3v) is 8.21. The zero-order chi connectivity index (χ0) is 36.1. The molecular formula is C39H54F2N6O2. The van der Waals surface area contributed by atoms with Crippen LogP contribution in [0.15, 0.2) is 48.5 Å². The van der Waals surface area contributed by atoms with Gasteiger partial charge in [-0.1, -0.05) is 97.0 Å². The van der Waals surface area contributed by atoms with Crippen LogP contribution in [0.2, 0.25) is 0 Å². The second kappa shape index (κ2) is 19.1. The maximum Gasteiger partial charge on any atom is 0.223 e. The number of hydrogen-bond acceptors (Lipinski definition) is 5. The molecule has 0 radical (unpaired) electrons. The molecule has 1 aliphatic rings. The Kier molecular flexibility index (Phi) is 15.3. The number of rotatable bonds is 12. The molecule has 0 bridgehead atoms. The standard InChI is InChI=1S/C32H38F2N6O.C5H10O.C2H6/c1-5-16-40(27(41)18-20(2)3)19-26-35-28(30(33)36-26)23-12-8-21(9-13-23)22-10-14-24(15-11-22)29-31(34)38-32(37-29)25-7-6-17-39(25)4;1-5(2)3-4-6;1-2/h8-15,20,25H,5-7,16-19H2,1-4H3,(H,35,36)(H,37,38);4-5H,3H2,1-2H3;1-2H3/t25-;;/m0../s1. The fourth-order valence-electron chi connectivity index (χ4n) is 5.69. The minimum atomic E-state index is -0.519. The Morgan fingerprint density at radius 3 is 1.88 bits per heavy atom. The normalized spacial score (nSPS) is 14.3. The number of aldehydes is 1. The van der Waals surface area contributed by atoms with Crippen LogP contribution in [0, 0.1) is 23.7 Å². The molecule has 0 unspecified atom stereocenters. The van der Waals surface area contributed by atoms with Crippen LogP contribution in [0.4, 0.5) is 8.78 Å². The number of nitrogens with zero attached hydrogens (tertiary/aromatic N) is 4. The van der Waals surface area contributed by atoms with Crippen LogP contribution in [0.5, 0.6) is 0 Å². The highest BCUT2D eigenvalue weighted by Crippen LogP contribution is 2.32. The Hall–Kier alpha value is -4.18. The van der Waals surface area contributed by atoms with Gasteiger partial charge in [0.1, 0.15) is 29.3 Å². The van der Waals surface area contributed by atoms with Gasteiger partial charge < -0.3 is 19.7 Å². The number of halogens is 2. The van der Waals surface area contributed by atoms with Crippen molar-refractivity contribution in [3.63, 3.8) is 0 Å². The SMILES string of the molecule is CC.CC(C)CC=O.CCCN(Cc1nc(-c2ccc(-c3ccc(-c4nc([C@@H]5CCCN5C)[nH]c4F)cc3)cc2)c(F)[nH]1)C(=O)CC(C)C. The van der Waals surface area contributed by atoms with Gasteiger partial charge in [0.15, 0.2) is 0 Å². The highest BCUT2D eigenvalue weighted by atomic mass is 19.1. The first-order valence-electron chi connectivity index (χ1n) is 17.6. The van der Waals surface area contributed by atoms with E-state index in [1.54, 1.807) is 4.90 Å². The molecular weight excluding hydrogens is 622 g/mol. The third kappa shape index (κ3) is 10.9. The van der Waals surface area contributed by atoms with Crippen LogP contribution in [0.3, 0.4) is 0 Å². The fourth-order valence-corrected chi connectivity index (χ4v) is 5.69. The van der Waals surface area contributed by atoms with Gasteiger partial charge in [0.25, 0.3) is 0 Å². The van der Waals surface area contributed by atoms with Gasteiger partial charge in [-0.15, -0.1) is 0 Å². The van der Waals surface area contributed by atoms with E-state index >= 15 is 0 Å². The summed E-state index contributed by atoms with van der Waals surface area (Å²) in [6.45, 7) is 15.9. The Morgan fingerprint density at radius 1 is 0.898 bits per heavy atom. The van der Waals surface area contributed by atoms with E-state index in [1.807, 2.05) is 104 Å². The Morgan fingerprint density at radius 2 is 1.43 bits per heavy atom. The van der Waals surface area contributed by atoms with Crippen molar-refractivity contribution in [2.45, 2.75) is 93.2 Å². The van der Waals surface area contributed by atoms with Gasteiger partial charge in [0, 0.05) is 30.5 Å². The van der Waals surface area contributed by atoms with Crippen LogP contribution < -0.4 is 0 Å². The second-order valence-corrected chi connectivity index (χ2v) is 13.1. The highest BCUT2D eigenvalue weighted by molar-refractivity contribution is 5.76. The van der Waals surface area contributed by atoms with E-state index in [4.69, 9.17) is 0 Å². The van der Waals surface area contributed by atoms with Gasteiger partial charge in [-0.3, -0.25) is 9.69 Å². The number of amides is 1. The smallest absolute Gasteiger partial charge is 0.223 e. The zero-order valence-corrected chi connectivity index (χ0v) is 30.4. The molecule has 3 heterocycles. The van der Waals surface area contributed by atoms with Crippen LogP contribution >= 0.6 is 0 Å². The number of imidazole rings is 2. The first-order valence-corrected chi connectivity index (χ1v) is 17.6. The Bertz CT molecular complexity index is 1590. The van der Waals surface area contributed by atoms with Crippen molar-refractivity contribution in [1.29, 1.82) is 0 Å². The summed E-state index contributed by atoms with van der Waals surface area (Å²) in [6.07, 6.45) is 4.96. The molecule has 0 saturated carbocycles. The molecule has 1 atom stereocenters. The molecule has 2 N–H and O–H groups in total. The quantitative estimate of drug-likeness (QED) is 0.146. The van der Waals surface area contributed by atoms with Crippen LogP contribution in [0.25, 0.3) is 33.6 Å². The summed E-state index contributed by atoms with van der Waals surface area (Å²) in [5.74, 6) is 0.995. The molecule has 8 nitrogen and oxygen atoms in total. The number of carbonyl (C=O) groups is 2. The summed E-state index contributed by atoms with van der Waals surface area (Å²) in [4.78, 5) is 40.8. The number of H-pyrrole nitrogens is 2. The number of aromatic nitrogens is 4. The number of benzene rings is 2. The number of hydrogen-bond donors (Lipinski definition) is 2. The van der Waals surface area contributed by atoms with Gasteiger partial charge in [-0.2, -0.15) is 8.78 Å². The number of nitrogens with one attached hydrogen (secondary N) is 2. The Balaban J connectivity index is 0.000000735. The van der Waals surface area contributed by atoms with E-state index in [1.165, 1.54) is 0 Å². The van der Waals surface area contributed by atoms with E-state index < -0.39 is 11.9 Å². The molecule has 0 spiro atoms. The summed E-state index contributed by atoms with van der Waals surface area (Å²) < 4.78 is 29.6. The van der Waals surface area contributed by atoms with E-state index in [-0.39, 0.29) is 30.1 Å². The highest BCUT2D eigenvalue weighted by Gasteiger charge is 2.27. The van der Waals surface area contributed by atoms with Crippen LogP contribution in [-0.4, -0.2) is 62.1 Å². The molecule has 1 saturated heterocycles. The first-order chi connectivity index (χ1) is 23.5. The van der Waals surface area contributed by atoms with E-state index in [9.17, 15) is 18.4 Å². The number of likely N-dealkylation sites (tertiary alicyclic amines) is 1. The lowest BCUT2D eigenvalue weighted by Gasteiger charge is -2.22. The maximum atomic E-state index is 14.9. The summed E-state index contributed by atoms with van der Waals surface area (Å²) in [5, 5.41) is 0. The summed E-state index contributed by atoms with van der Waals surface area (Å²) in [5.41, 5.74) is 3.81. The van der Waals surface area contributed by atoms with E-state index in [0.29, 0.717) is 53.8 Å². The fraction of sp³-hybridized carbons (Fsp3) is 0.487. The lowest BCUT2D eigenvalue weighted by molar-refractivity contribution is -0.132. The van der Waals surface area contributed by atoms with Gasteiger partial charge in [0.2, 0.25) is 17.8 Å². The molecule has 5 rings (SSSR count). The van der Waals surface area contributed by atoms with Gasteiger partial charge in [-0.05, 0) is 55.8 Å². The molecule has 1 amide bonds. The average Bonchev–Trinajstić information content (AvgIpc) is 3.79. The number of aromatic amines is 2. The van der Waals surface area contributed by atoms with Crippen molar-refractivity contribution >= 4 is 12.2 Å². The van der Waals surface area contributed by atoms with Crippen LogP contribution in [-0.2, 0) is 16.1 Å². The molecule has 266 valence electrons. The lowest BCUT2D eigenvalue weighted by Crippen LogP contribution is -2.32. The molecule has 10 heteroatoms. The molecule has 49 heavy (non-hydrogen) atoms. The summed E-state index contributed by atoms with van der Waals surface area (Å²) in [7, 11) is 2.04. The van der Waals surface area contributed by atoms with Crippen molar-refractivity contribution < 1.29 is 18.4 Å². The lowest BCUT2D eigenvalue weighted by atomic mass is 10.0. The third-order valence-electron chi connectivity index (χ3n) is 8.21. The largest absolute Gasteiger partial charge is 0.335 e. The van der Waals surface area contributed by atoms with Gasteiger partial charge in [-0.25, -0.2) is 9.97 Å². The van der Waals surface area contributed by atoms with E-state index in [0.717, 1.165) is 43.2 Å². The molecule has 2 aromatic carbocycles. The maximum absolute atomic E-state index is 14.9. The van der Waals surface area contributed by atoms with Gasteiger partial charge in [0.05, 0.1) is 12.6 Å². The predicted molar refractivity (Wildman–Crippen MR) is 194 cm³/mol. The Labute approximate surface area is 290 Å². The van der Waals surface area contributed by atoms with Crippen molar-refractivity contribution in [3.05, 3.63) is 72.1 Å². The second-order valence-electron chi connectivity index (χ2n) is 13.1. The van der Waals surface area contributed by atoms with Crippen molar-refractivity contribution in [2.75, 3.05) is 20.1 Å². The van der Waals surface area contributed by atoms with Crippen molar-refractivity contribution in [1.82, 2.24) is 29.7 Å². The predicted octanol–water partition coefficient (Wildman–Crippen LogP) is 9.22. The van der Waals surface area contributed by atoms with Crippen molar-refractivity contribution in [2.24, 2.45) is 11.8 Å². The zero-order valence-electron chi connectivity index (χ0n) is 30.4. The summed E-state index contributed by atoms with van der Waals surface area (Å²) in [6, 6.07) is 15.2. The summed E-state index contributed by atoms with van der Waals surface area (Å²) >= 11 is 0. The number of carbonyl (C=O) groups excluding carboxylic acids is 2. The van der Waals surface area contributed by atoms with E-state index in [2.05, 4.69) is 24.8 Å². The van der Waals surface area contributed by atoms with Crippen LogP contribution in [0.1, 0.15) is 98.3 Å². The minimum absolute atomic E-state index is 0.0486. The first kappa shape index (κ1) is 39.3. The molecule has 0 aliphatic carbocycles. The topological polar surface area (TPSA) is 98.0 Å². The molecule has 1 aliphatic heterocycles. The molecule has 2 aromatic heterocycles. The van der Waals surface area contributed by atoms with Crippen molar-refractivity contribution in [3.8, 4) is 33.6 Å². The van der Waals surface area contributed by atoms with Gasteiger partial charge >= 0.3 is 0 Å². The molecule has 4 aromatic rings. The monoisotopic (exact) mass is 676 g/mol.